The summed E-state index contributed by atoms with van der Waals surface area (Å²) in [5.74, 6) is -0.435. The highest BCUT2D eigenvalue weighted by molar-refractivity contribution is 5.90. The van der Waals surface area contributed by atoms with E-state index in [0.717, 1.165) is 0 Å². The molecule has 0 atom stereocenters. The highest BCUT2D eigenvalue weighted by Gasteiger charge is 1.91. The molecule has 0 bridgehead atoms. The van der Waals surface area contributed by atoms with Crippen molar-refractivity contribution in [1.82, 2.24) is 0 Å². The van der Waals surface area contributed by atoms with E-state index >= 15 is 0 Å². The second kappa shape index (κ2) is 7.07. The molecule has 0 saturated carbocycles. The molecule has 0 heterocycles. The van der Waals surface area contributed by atoms with Gasteiger partial charge in [-0.05, 0) is 18.1 Å². The first kappa shape index (κ1) is 13.7. The van der Waals surface area contributed by atoms with Crippen LogP contribution in [-0.2, 0) is 4.79 Å². The summed E-state index contributed by atoms with van der Waals surface area (Å²) in [5.41, 5.74) is 7.65. The molecule has 0 aliphatic heterocycles. The largest absolute Gasteiger partial charge is 0.366 e. The van der Waals surface area contributed by atoms with E-state index in [-0.39, 0.29) is 0 Å². The molecule has 0 unspecified atom stereocenters. The lowest BCUT2D eigenvalue weighted by molar-refractivity contribution is -0.114. The molecule has 92 valence electrons. The number of hydrogen-bond acceptors (Lipinski definition) is 1. The van der Waals surface area contributed by atoms with Gasteiger partial charge in [0.2, 0.25) is 5.91 Å². The molecule has 2 aromatic rings. The van der Waals surface area contributed by atoms with Crippen molar-refractivity contribution in [3.63, 3.8) is 0 Å². The summed E-state index contributed by atoms with van der Waals surface area (Å²) in [6.07, 6.45) is 0. The maximum absolute atomic E-state index is 9.82. The Morgan fingerprint density at radius 2 is 1.17 bits per heavy atom. The van der Waals surface area contributed by atoms with Gasteiger partial charge in [0.05, 0.1) is 0 Å². The zero-order valence-electron chi connectivity index (χ0n) is 10.5. The number of primary amides is 1. The standard InChI is InChI=1S/C12H10.C4H7NO/c1-3-7-11(8-4-1)12-9-5-2-6-10-12;1-3(2)4(5)6/h1-10H;1H2,2H3,(H2,5,6). The van der Waals surface area contributed by atoms with Gasteiger partial charge in [0.15, 0.2) is 0 Å². The molecule has 0 radical (unpaired) electrons. The van der Waals surface area contributed by atoms with Gasteiger partial charge < -0.3 is 5.73 Å². The highest BCUT2D eigenvalue weighted by atomic mass is 16.1. The first-order valence-corrected chi connectivity index (χ1v) is 5.67. The van der Waals surface area contributed by atoms with Gasteiger partial charge in [-0.15, -0.1) is 0 Å². The van der Waals surface area contributed by atoms with Crippen LogP contribution in [0.5, 0.6) is 0 Å². The van der Waals surface area contributed by atoms with Gasteiger partial charge in [0.1, 0.15) is 0 Å². The molecule has 0 spiro atoms. The van der Waals surface area contributed by atoms with Crippen LogP contribution < -0.4 is 5.73 Å². The molecule has 2 nitrogen and oxygen atoms in total. The Labute approximate surface area is 108 Å². The molecule has 2 heteroatoms. The molecule has 18 heavy (non-hydrogen) atoms. The van der Waals surface area contributed by atoms with Crippen LogP contribution in [0.25, 0.3) is 11.1 Å². The SMILES string of the molecule is C=C(C)C(N)=O.c1ccc(-c2ccccc2)cc1. The molecular weight excluding hydrogens is 222 g/mol. The summed E-state index contributed by atoms with van der Waals surface area (Å²) < 4.78 is 0. The Morgan fingerprint density at radius 3 is 1.39 bits per heavy atom. The Kier molecular flexibility index (Phi) is 5.39. The monoisotopic (exact) mass is 239 g/mol. The summed E-state index contributed by atoms with van der Waals surface area (Å²) in [7, 11) is 0. The second-order valence-corrected chi connectivity index (χ2v) is 3.88. The third-order valence-corrected chi connectivity index (χ3v) is 2.30. The zero-order chi connectivity index (χ0) is 13.4. The lowest BCUT2D eigenvalue weighted by Gasteiger charge is -1.98. The minimum atomic E-state index is -0.435. The van der Waals surface area contributed by atoms with Gasteiger partial charge >= 0.3 is 0 Å². The third-order valence-electron chi connectivity index (χ3n) is 2.30. The van der Waals surface area contributed by atoms with Crippen LogP contribution in [0.3, 0.4) is 0 Å². The number of benzene rings is 2. The molecule has 0 fully saturated rings. The van der Waals surface area contributed by atoms with E-state index in [9.17, 15) is 4.79 Å². The van der Waals surface area contributed by atoms with Crippen LogP contribution in [0.2, 0.25) is 0 Å². The molecule has 0 aliphatic carbocycles. The fourth-order valence-electron chi connectivity index (χ4n) is 1.26. The van der Waals surface area contributed by atoms with Gasteiger partial charge in [-0.25, -0.2) is 0 Å². The smallest absolute Gasteiger partial charge is 0.243 e. The molecule has 1 amide bonds. The highest BCUT2D eigenvalue weighted by Crippen LogP contribution is 2.17. The molecule has 2 rings (SSSR count). The van der Waals surface area contributed by atoms with Crippen molar-refractivity contribution in [3.8, 4) is 11.1 Å². The predicted octanol–water partition coefficient (Wildman–Crippen LogP) is 3.40. The topological polar surface area (TPSA) is 43.1 Å². The lowest BCUT2D eigenvalue weighted by Crippen LogP contribution is -2.10. The Bertz CT molecular complexity index is 454. The fraction of sp³-hybridized carbons (Fsp3) is 0.0625. The maximum Gasteiger partial charge on any atom is 0.243 e. The van der Waals surface area contributed by atoms with Crippen molar-refractivity contribution < 1.29 is 4.79 Å². The zero-order valence-corrected chi connectivity index (χ0v) is 10.5. The van der Waals surface area contributed by atoms with Crippen LogP contribution in [0.1, 0.15) is 6.92 Å². The van der Waals surface area contributed by atoms with Gasteiger partial charge in [0, 0.05) is 5.57 Å². The van der Waals surface area contributed by atoms with E-state index in [0.29, 0.717) is 5.57 Å². The average Bonchev–Trinajstić information content (AvgIpc) is 2.41. The summed E-state index contributed by atoms with van der Waals surface area (Å²) in [5, 5.41) is 0. The van der Waals surface area contributed by atoms with Crippen LogP contribution in [0, 0.1) is 0 Å². The maximum atomic E-state index is 9.82. The fourth-order valence-corrected chi connectivity index (χ4v) is 1.26. The van der Waals surface area contributed by atoms with Crippen molar-refractivity contribution in [2.45, 2.75) is 6.92 Å². The third kappa shape index (κ3) is 4.66. The van der Waals surface area contributed by atoms with Crippen molar-refractivity contribution in [2.75, 3.05) is 0 Å². The minimum absolute atomic E-state index is 0.398. The molecule has 0 aliphatic rings. The van der Waals surface area contributed by atoms with Crippen molar-refractivity contribution >= 4 is 5.91 Å². The van der Waals surface area contributed by atoms with Gasteiger partial charge in [-0.3, -0.25) is 4.79 Å². The molecule has 2 aromatic carbocycles. The Balaban J connectivity index is 0.000000232. The number of carbonyl (C=O) groups is 1. The molecule has 2 N–H and O–H groups in total. The van der Waals surface area contributed by atoms with Crippen molar-refractivity contribution in [3.05, 3.63) is 72.8 Å². The van der Waals surface area contributed by atoms with Crippen molar-refractivity contribution in [1.29, 1.82) is 0 Å². The first-order valence-electron chi connectivity index (χ1n) is 5.67. The van der Waals surface area contributed by atoms with E-state index in [4.69, 9.17) is 5.73 Å². The average molecular weight is 239 g/mol. The summed E-state index contributed by atoms with van der Waals surface area (Å²) in [6, 6.07) is 20.8. The molecule has 0 aromatic heterocycles. The Morgan fingerprint density at radius 1 is 0.889 bits per heavy atom. The summed E-state index contributed by atoms with van der Waals surface area (Å²) in [6.45, 7) is 4.85. The number of amides is 1. The second-order valence-electron chi connectivity index (χ2n) is 3.88. The van der Waals surface area contributed by atoms with E-state index < -0.39 is 5.91 Å². The summed E-state index contributed by atoms with van der Waals surface area (Å²) >= 11 is 0. The number of rotatable bonds is 2. The van der Waals surface area contributed by atoms with Crippen molar-refractivity contribution in [2.24, 2.45) is 5.73 Å². The number of nitrogens with two attached hydrogens (primary N) is 1. The number of hydrogen-bond donors (Lipinski definition) is 1. The summed E-state index contributed by atoms with van der Waals surface area (Å²) in [4.78, 5) is 9.82. The molecule has 0 saturated heterocycles. The lowest BCUT2D eigenvalue weighted by atomic mass is 10.1. The molecular formula is C16H17NO. The van der Waals surface area contributed by atoms with Gasteiger partial charge in [-0.1, -0.05) is 67.2 Å². The minimum Gasteiger partial charge on any atom is -0.366 e. The first-order chi connectivity index (χ1) is 8.61. The number of carbonyl (C=O) groups excluding carboxylic acids is 1. The van der Waals surface area contributed by atoms with Crippen LogP contribution in [0.15, 0.2) is 72.8 Å². The van der Waals surface area contributed by atoms with E-state index in [1.54, 1.807) is 6.92 Å². The van der Waals surface area contributed by atoms with Crippen LogP contribution >= 0.6 is 0 Å². The van der Waals surface area contributed by atoms with Crippen LogP contribution in [0.4, 0.5) is 0 Å². The van der Waals surface area contributed by atoms with E-state index in [2.05, 4.69) is 55.1 Å². The predicted molar refractivity (Wildman–Crippen MR) is 75.9 cm³/mol. The Hall–Kier alpha value is -2.35. The normalized spacial score (nSPS) is 8.94. The quantitative estimate of drug-likeness (QED) is 0.802. The van der Waals surface area contributed by atoms with E-state index in [1.807, 2.05) is 12.1 Å². The van der Waals surface area contributed by atoms with Gasteiger partial charge in [-0.2, -0.15) is 0 Å². The van der Waals surface area contributed by atoms with Gasteiger partial charge in [0.25, 0.3) is 0 Å². The van der Waals surface area contributed by atoms with Crippen LogP contribution in [-0.4, -0.2) is 5.91 Å². The van der Waals surface area contributed by atoms with E-state index in [1.165, 1.54) is 11.1 Å².